The van der Waals surface area contributed by atoms with Crippen molar-refractivity contribution in [1.82, 2.24) is 25.1 Å². The maximum Gasteiger partial charge on any atom is 0.254 e. The molecule has 0 radical (unpaired) electrons. The molecule has 3 heterocycles. The average molecular weight is 471 g/mol. The number of fused-ring (bicyclic) bond motifs is 2. The average Bonchev–Trinajstić information content (AvgIpc) is 3.28. The number of pyridine rings is 2. The Morgan fingerprint density at radius 3 is 2.82 bits per heavy atom. The summed E-state index contributed by atoms with van der Waals surface area (Å²) in [7, 11) is 0. The Bertz CT molecular complexity index is 1560. The van der Waals surface area contributed by atoms with Crippen LogP contribution < -0.4 is 11.1 Å². The highest BCUT2D eigenvalue weighted by molar-refractivity contribution is 6.31. The molecule has 0 aliphatic rings. The fraction of sp³-hybridized carbons (Fsp3) is 0.154. The highest BCUT2D eigenvalue weighted by atomic mass is 35.5. The van der Waals surface area contributed by atoms with Crippen LogP contribution in [0.2, 0.25) is 5.02 Å². The molecule has 0 saturated carbocycles. The highest BCUT2D eigenvalue weighted by Gasteiger charge is 2.13. The van der Waals surface area contributed by atoms with Gasteiger partial charge < -0.3 is 11.1 Å². The van der Waals surface area contributed by atoms with Crippen molar-refractivity contribution in [3.8, 4) is 0 Å². The van der Waals surface area contributed by atoms with Crippen molar-refractivity contribution >= 4 is 45.0 Å². The molecule has 5 rings (SSSR count). The van der Waals surface area contributed by atoms with Gasteiger partial charge in [-0.1, -0.05) is 17.7 Å². The minimum absolute atomic E-state index is 0.180. The molecule has 7 nitrogen and oxygen atoms in total. The number of nitrogens with two attached hydrogens (primary N) is 1. The molecule has 0 saturated heterocycles. The maximum atomic E-state index is 12.8. The van der Waals surface area contributed by atoms with E-state index < -0.39 is 0 Å². The number of nitrogen functional groups attached to an aromatic ring is 1. The number of aryl methyl sites for hydroxylation is 2. The standard InChI is InChI=1S/C26H23ClN6O/c1-15-9-22-21(7-8-29-25(22)28)16(2)23(15)12-30-26(34)18-11-31-33(13-18)14-20-5-3-17-10-19(27)4-6-24(17)32-20/h3-11,13H,12,14H2,1-2H3,(H2,28,29)(H,30,34). The van der Waals surface area contributed by atoms with E-state index in [1.165, 1.54) is 0 Å². The molecular weight excluding hydrogens is 448 g/mol. The zero-order valence-corrected chi connectivity index (χ0v) is 19.6. The Balaban J connectivity index is 1.30. The van der Waals surface area contributed by atoms with Crippen LogP contribution in [0.25, 0.3) is 21.7 Å². The van der Waals surface area contributed by atoms with Crippen molar-refractivity contribution in [2.45, 2.75) is 26.9 Å². The molecule has 5 aromatic rings. The third kappa shape index (κ3) is 4.18. The Kier molecular flexibility index (Phi) is 5.63. The molecule has 8 heteroatoms. The van der Waals surface area contributed by atoms with Gasteiger partial charge in [0.2, 0.25) is 0 Å². The summed E-state index contributed by atoms with van der Waals surface area (Å²) in [6, 6.07) is 13.5. The molecule has 0 bridgehead atoms. The Hall–Kier alpha value is -3.97. The van der Waals surface area contributed by atoms with Gasteiger partial charge in [0.25, 0.3) is 5.91 Å². The number of hydrogen-bond acceptors (Lipinski definition) is 5. The zero-order valence-electron chi connectivity index (χ0n) is 18.8. The number of rotatable bonds is 5. The van der Waals surface area contributed by atoms with Crippen LogP contribution in [-0.2, 0) is 13.1 Å². The van der Waals surface area contributed by atoms with Gasteiger partial charge in [0.05, 0.1) is 29.5 Å². The number of nitrogens with one attached hydrogen (secondary N) is 1. The van der Waals surface area contributed by atoms with Crippen molar-refractivity contribution in [1.29, 1.82) is 0 Å². The van der Waals surface area contributed by atoms with E-state index in [2.05, 4.69) is 20.4 Å². The zero-order chi connectivity index (χ0) is 23.8. The number of anilines is 1. The van der Waals surface area contributed by atoms with Crippen LogP contribution in [0.4, 0.5) is 5.82 Å². The normalized spacial score (nSPS) is 11.3. The smallest absolute Gasteiger partial charge is 0.254 e. The molecule has 0 aliphatic carbocycles. The van der Waals surface area contributed by atoms with Crippen molar-refractivity contribution in [2.24, 2.45) is 0 Å². The summed E-state index contributed by atoms with van der Waals surface area (Å²) in [6.07, 6.45) is 5.01. The van der Waals surface area contributed by atoms with Crippen molar-refractivity contribution in [2.75, 3.05) is 5.73 Å². The molecule has 3 aromatic heterocycles. The van der Waals surface area contributed by atoms with E-state index in [4.69, 9.17) is 17.3 Å². The van der Waals surface area contributed by atoms with E-state index in [9.17, 15) is 4.79 Å². The number of aromatic nitrogens is 4. The van der Waals surface area contributed by atoms with Crippen molar-refractivity contribution < 1.29 is 4.79 Å². The third-order valence-corrected chi connectivity index (χ3v) is 6.30. The number of carbonyl (C=O) groups is 1. The molecule has 2 aromatic carbocycles. The van der Waals surface area contributed by atoms with E-state index in [-0.39, 0.29) is 5.91 Å². The molecule has 0 fully saturated rings. The first-order valence-electron chi connectivity index (χ1n) is 10.9. The minimum Gasteiger partial charge on any atom is -0.383 e. The van der Waals surface area contributed by atoms with E-state index in [1.54, 1.807) is 23.3 Å². The van der Waals surface area contributed by atoms with Gasteiger partial charge in [0, 0.05) is 34.7 Å². The van der Waals surface area contributed by atoms with Crippen LogP contribution in [-0.4, -0.2) is 25.7 Å². The van der Waals surface area contributed by atoms with Gasteiger partial charge in [-0.25, -0.2) is 4.98 Å². The van der Waals surface area contributed by atoms with Crippen LogP contribution in [0.1, 0.15) is 32.7 Å². The van der Waals surface area contributed by atoms with Gasteiger partial charge >= 0.3 is 0 Å². The fourth-order valence-electron chi connectivity index (χ4n) is 4.23. The lowest BCUT2D eigenvalue weighted by atomic mass is 9.96. The predicted molar refractivity (Wildman–Crippen MR) is 135 cm³/mol. The molecule has 1 amide bonds. The second-order valence-electron chi connectivity index (χ2n) is 8.34. The van der Waals surface area contributed by atoms with E-state index in [1.807, 2.05) is 56.3 Å². The molecular formula is C26H23ClN6O. The van der Waals surface area contributed by atoms with Gasteiger partial charge in [-0.3, -0.25) is 14.5 Å². The van der Waals surface area contributed by atoms with Crippen molar-refractivity contribution in [3.05, 3.63) is 94.0 Å². The summed E-state index contributed by atoms with van der Waals surface area (Å²) < 4.78 is 1.71. The summed E-state index contributed by atoms with van der Waals surface area (Å²) in [5.74, 6) is 0.330. The number of nitrogens with zero attached hydrogens (tertiary/aromatic N) is 4. The van der Waals surface area contributed by atoms with Gasteiger partial charge in [0.15, 0.2) is 0 Å². The molecule has 0 unspecified atom stereocenters. The monoisotopic (exact) mass is 470 g/mol. The highest BCUT2D eigenvalue weighted by Crippen LogP contribution is 2.28. The van der Waals surface area contributed by atoms with Crippen LogP contribution in [0.3, 0.4) is 0 Å². The lowest BCUT2D eigenvalue weighted by molar-refractivity contribution is 0.0950. The fourth-order valence-corrected chi connectivity index (χ4v) is 4.41. The predicted octanol–water partition coefficient (Wildman–Crippen LogP) is 4.81. The van der Waals surface area contributed by atoms with Crippen LogP contribution in [0.15, 0.2) is 61.1 Å². The lowest BCUT2D eigenvalue weighted by Gasteiger charge is -2.14. The first-order chi connectivity index (χ1) is 16.4. The number of halogens is 1. The summed E-state index contributed by atoms with van der Waals surface area (Å²) >= 11 is 6.05. The molecule has 34 heavy (non-hydrogen) atoms. The number of carbonyl (C=O) groups excluding carboxylic acids is 1. The summed E-state index contributed by atoms with van der Waals surface area (Å²) in [4.78, 5) is 21.6. The minimum atomic E-state index is -0.180. The van der Waals surface area contributed by atoms with Gasteiger partial charge in [0.1, 0.15) is 5.82 Å². The summed E-state index contributed by atoms with van der Waals surface area (Å²) in [6.45, 7) is 4.93. The first-order valence-corrected chi connectivity index (χ1v) is 11.3. The van der Waals surface area contributed by atoms with E-state index in [0.717, 1.165) is 44.1 Å². The van der Waals surface area contributed by atoms with Crippen LogP contribution in [0, 0.1) is 13.8 Å². The SMILES string of the molecule is Cc1cc2c(N)nccc2c(C)c1CNC(=O)c1cnn(Cc2ccc3cc(Cl)ccc3n2)c1. The molecule has 0 aliphatic heterocycles. The van der Waals surface area contributed by atoms with Gasteiger partial charge in [-0.2, -0.15) is 5.10 Å². The topological polar surface area (TPSA) is 98.7 Å². The molecule has 0 spiro atoms. The Morgan fingerprint density at radius 2 is 1.97 bits per heavy atom. The first kappa shape index (κ1) is 21.9. The maximum absolute atomic E-state index is 12.8. The number of benzene rings is 2. The van der Waals surface area contributed by atoms with Crippen molar-refractivity contribution in [3.63, 3.8) is 0 Å². The Labute approximate surface area is 201 Å². The second kappa shape index (κ2) is 8.76. The van der Waals surface area contributed by atoms with Gasteiger partial charge in [-0.05, 0) is 72.3 Å². The molecule has 3 N–H and O–H groups in total. The third-order valence-electron chi connectivity index (χ3n) is 6.07. The summed E-state index contributed by atoms with van der Waals surface area (Å²) in [5.41, 5.74) is 11.5. The quantitative estimate of drug-likeness (QED) is 0.384. The second-order valence-corrected chi connectivity index (χ2v) is 8.77. The number of amides is 1. The van der Waals surface area contributed by atoms with Crippen LogP contribution >= 0.6 is 11.6 Å². The summed E-state index contributed by atoms with van der Waals surface area (Å²) in [5, 5.41) is 11.0. The Morgan fingerprint density at radius 1 is 1.12 bits per heavy atom. The lowest BCUT2D eigenvalue weighted by Crippen LogP contribution is -2.23. The largest absolute Gasteiger partial charge is 0.383 e. The van der Waals surface area contributed by atoms with Gasteiger partial charge in [-0.15, -0.1) is 0 Å². The van der Waals surface area contributed by atoms with E-state index in [0.29, 0.717) is 29.5 Å². The van der Waals surface area contributed by atoms with Crippen LogP contribution in [0.5, 0.6) is 0 Å². The molecule has 170 valence electrons. The molecule has 0 atom stereocenters. The number of hydrogen-bond donors (Lipinski definition) is 2. The van der Waals surface area contributed by atoms with E-state index >= 15 is 0 Å².